The quantitative estimate of drug-likeness (QED) is 0.609. The van der Waals surface area contributed by atoms with E-state index in [0.717, 1.165) is 24.0 Å². The first-order chi connectivity index (χ1) is 11.5. The summed E-state index contributed by atoms with van der Waals surface area (Å²) in [4.78, 5) is 24.7. The van der Waals surface area contributed by atoms with Gasteiger partial charge in [0.05, 0.1) is 0 Å². The minimum absolute atomic E-state index is 0.0715. The number of allylic oxidation sites excluding steroid dienone is 2. The van der Waals surface area contributed by atoms with Crippen molar-refractivity contribution < 1.29 is 19.4 Å². The smallest absolute Gasteiger partial charge is 0.306 e. The van der Waals surface area contributed by atoms with Gasteiger partial charge in [0.1, 0.15) is 11.7 Å². The fraction of sp³-hybridized carbons (Fsp3) is 0.810. The molecule has 2 saturated carbocycles. The SMILES string of the molecule is CC[C@H](C)CC(=O)O[C@@H]1CC[C@]2(C)CC(=O)C(=C(C)C)C[C@H]2[C@]1(C)O. The molecule has 0 bridgehead atoms. The van der Waals surface area contributed by atoms with Gasteiger partial charge in [0.25, 0.3) is 0 Å². The molecule has 0 aromatic heterocycles. The van der Waals surface area contributed by atoms with Gasteiger partial charge >= 0.3 is 5.97 Å². The van der Waals surface area contributed by atoms with Crippen LogP contribution in [0.15, 0.2) is 11.1 Å². The van der Waals surface area contributed by atoms with Crippen LogP contribution in [0, 0.1) is 17.3 Å². The number of hydrogen-bond donors (Lipinski definition) is 1. The van der Waals surface area contributed by atoms with E-state index in [-0.39, 0.29) is 29.0 Å². The largest absolute Gasteiger partial charge is 0.459 e. The van der Waals surface area contributed by atoms with Crippen molar-refractivity contribution in [2.75, 3.05) is 0 Å². The Kier molecular flexibility index (Phi) is 5.82. The summed E-state index contributed by atoms with van der Waals surface area (Å²) in [6, 6.07) is 0. The molecule has 2 aliphatic carbocycles. The molecule has 4 heteroatoms. The van der Waals surface area contributed by atoms with Crippen molar-refractivity contribution in [2.24, 2.45) is 17.3 Å². The molecule has 0 aliphatic heterocycles. The maximum atomic E-state index is 12.5. The van der Waals surface area contributed by atoms with Crippen LogP contribution in [0.25, 0.3) is 0 Å². The van der Waals surface area contributed by atoms with Crippen LogP contribution in [0.3, 0.4) is 0 Å². The second kappa shape index (κ2) is 7.22. The van der Waals surface area contributed by atoms with Gasteiger partial charge in [-0.05, 0) is 56.9 Å². The van der Waals surface area contributed by atoms with E-state index in [2.05, 4.69) is 13.8 Å². The Hall–Kier alpha value is -1.16. The van der Waals surface area contributed by atoms with E-state index in [1.165, 1.54) is 0 Å². The highest BCUT2D eigenvalue weighted by Gasteiger charge is 2.57. The average molecular weight is 350 g/mol. The van der Waals surface area contributed by atoms with Crippen LogP contribution in [0.5, 0.6) is 0 Å². The molecule has 1 N–H and O–H groups in total. The molecule has 5 atom stereocenters. The standard InChI is InChI=1S/C21H34O4/c1-7-14(4)10-19(23)25-18-8-9-20(5)12-16(22)15(13(2)3)11-17(20)21(18,6)24/h14,17-18,24H,7-12H2,1-6H3/t14-,17+,18+,20+,21-/m0/s1. The molecule has 142 valence electrons. The van der Waals surface area contributed by atoms with Crippen LogP contribution in [0.2, 0.25) is 0 Å². The lowest BCUT2D eigenvalue weighted by Gasteiger charge is -2.55. The first kappa shape index (κ1) is 20.2. The van der Waals surface area contributed by atoms with Crippen LogP contribution >= 0.6 is 0 Å². The monoisotopic (exact) mass is 350 g/mol. The summed E-state index contributed by atoms with van der Waals surface area (Å²) >= 11 is 0. The van der Waals surface area contributed by atoms with E-state index in [1.807, 2.05) is 20.8 Å². The van der Waals surface area contributed by atoms with Crippen molar-refractivity contribution in [1.29, 1.82) is 0 Å². The third-order valence-corrected chi connectivity index (χ3v) is 6.57. The van der Waals surface area contributed by atoms with Crippen LogP contribution < -0.4 is 0 Å². The fourth-order valence-electron chi connectivity index (χ4n) is 4.61. The fourth-order valence-corrected chi connectivity index (χ4v) is 4.61. The normalized spacial score (nSPS) is 36.6. The molecular weight excluding hydrogens is 316 g/mol. The van der Waals surface area contributed by atoms with Gasteiger partial charge in [-0.1, -0.05) is 32.8 Å². The molecule has 25 heavy (non-hydrogen) atoms. The van der Waals surface area contributed by atoms with Gasteiger partial charge in [-0.15, -0.1) is 0 Å². The minimum Gasteiger partial charge on any atom is -0.459 e. The van der Waals surface area contributed by atoms with Gasteiger partial charge in [0.2, 0.25) is 0 Å². The Morgan fingerprint density at radius 2 is 2.00 bits per heavy atom. The lowest BCUT2D eigenvalue weighted by atomic mass is 9.53. The van der Waals surface area contributed by atoms with Crippen molar-refractivity contribution >= 4 is 11.8 Å². The van der Waals surface area contributed by atoms with E-state index >= 15 is 0 Å². The maximum absolute atomic E-state index is 12.5. The topological polar surface area (TPSA) is 63.6 Å². The molecule has 0 aromatic carbocycles. The van der Waals surface area contributed by atoms with Gasteiger partial charge in [-0.25, -0.2) is 0 Å². The Morgan fingerprint density at radius 1 is 1.36 bits per heavy atom. The molecule has 0 spiro atoms. The average Bonchev–Trinajstić information content (AvgIpc) is 2.49. The molecule has 0 heterocycles. The number of hydrogen-bond acceptors (Lipinski definition) is 4. The maximum Gasteiger partial charge on any atom is 0.306 e. The van der Waals surface area contributed by atoms with Gasteiger partial charge in [0, 0.05) is 18.8 Å². The highest BCUT2D eigenvalue weighted by atomic mass is 16.6. The minimum atomic E-state index is -1.11. The summed E-state index contributed by atoms with van der Waals surface area (Å²) in [5.74, 6) is 0.202. The summed E-state index contributed by atoms with van der Waals surface area (Å²) in [7, 11) is 0. The van der Waals surface area contributed by atoms with E-state index < -0.39 is 11.7 Å². The second-order valence-corrected chi connectivity index (χ2v) is 8.95. The number of esters is 1. The molecule has 0 aromatic rings. The molecule has 0 saturated heterocycles. The Morgan fingerprint density at radius 3 is 2.56 bits per heavy atom. The summed E-state index contributed by atoms with van der Waals surface area (Å²) in [5.41, 5.74) is 0.534. The number of ether oxygens (including phenoxy) is 1. The molecule has 2 fully saturated rings. The molecule has 2 rings (SSSR count). The lowest BCUT2D eigenvalue weighted by molar-refractivity contribution is -0.200. The number of carbonyl (C=O) groups is 2. The number of fused-ring (bicyclic) bond motifs is 1. The molecule has 0 unspecified atom stereocenters. The van der Waals surface area contributed by atoms with Crippen molar-refractivity contribution in [3.8, 4) is 0 Å². The zero-order valence-corrected chi connectivity index (χ0v) is 16.6. The summed E-state index contributed by atoms with van der Waals surface area (Å²) in [6.45, 7) is 11.9. The van der Waals surface area contributed by atoms with E-state index in [4.69, 9.17) is 4.74 Å². The van der Waals surface area contributed by atoms with Crippen LogP contribution in [-0.2, 0) is 14.3 Å². The molecule has 4 nitrogen and oxygen atoms in total. The molecule has 2 aliphatic rings. The van der Waals surface area contributed by atoms with Gasteiger partial charge in [-0.3, -0.25) is 9.59 Å². The zero-order chi connectivity index (χ0) is 19.0. The first-order valence-corrected chi connectivity index (χ1v) is 9.62. The number of carbonyl (C=O) groups excluding carboxylic acids is 2. The lowest BCUT2D eigenvalue weighted by Crippen LogP contribution is -2.59. The van der Waals surface area contributed by atoms with E-state index in [0.29, 0.717) is 25.7 Å². The Labute approximate surface area is 152 Å². The number of aliphatic hydroxyl groups is 1. The third kappa shape index (κ3) is 3.99. The van der Waals surface area contributed by atoms with Crippen molar-refractivity contribution in [1.82, 2.24) is 0 Å². The number of ketones is 1. The summed E-state index contributed by atoms with van der Waals surface area (Å²) < 4.78 is 5.71. The summed E-state index contributed by atoms with van der Waals surface area (Å²) in [6.07, 6.45) is 3.30. The van der Waals surface area contributed by atoms with E-state index in [9.17, 15) is 14.7 Å². The number of rotatable bonds is 4. The van der Waals surface area contributed by atoms with Crippen LogP contribution in [0.1, 0.15) is 80.1 Å². The Balaban J connectivity index is 2.20. The highest BCUT2D eigenvalue weighted by molar-refractivity contribution is 5.97. The zero-order valence-electron chi connectivity index (χ0n) is 16.6. The van der Waals surface area contributed by atoms with Crippen molar-refractivity contribution in [3.63, 3.8) is 0 Å². The van der Waals surface area contributed by atoms with Crippen LogP contribution in [0.4, 0.5) is 0 Å². The molecule has 0 amide bonds. The van der Waals surface area contributed by atoms with Gasteiger partial charge < -0.3 is 9.84 Å². The van der Waals surface area contributed by atoms with Gasteiger partial charge in [0.15, 0.2) is 5.78 Å². The number of Topliss-reactive ketones (excluding diaryl/α,β-unsaturated/α-hetero) is 1. The van der Waals surface area contributed by atoms with Crippen molar-refractivity contribution in [3.05, 3.63) is 11.1 Å². The second-order valence-electron chi connectivity index (χ2n) is 8.95. The highest BCUT2D eigenvalue weighted by Crippen LogP contribution is 2.55. The van der Waals surface area contributed by atoms with Gasteiger partial charge in [-0.2, -0.15) is 0 Å². The molecule has 0 radical (unpaired) electrons. The molecular formula is C21H34O4. The summed E-state index contributed by atoms with van der Waals surface area (Å²) in [5, 5.41) is 11.3. The predicted molar refractivity (Wildman–Crippen MR) is 98.0 cm³/mol. The van der Waals surface area contributed by atoms with Crippen LogP contribution in [-0.4, -0.2) is 28.6 Å². The third-order valence-electron chi connectivity index (χ3n) is 6.57. The first-order valence-electron chi connectivity index (χ1n) is 9.62. The van der Waals surface area contributed by atoms with Crippen molar-refractivity contribution in [2.45, 2.75) is 91.8 Å². The predicted octanol–water partition coefficient (Wildman–Crippen LogP) is 4.20. The Bertz CT molecular complexity index is 570. The van der Waals surface area contributed by atoms with E-state index in [1.54, 1.807) is 6.92 Å².